The molecule has 1 N–H and O–H groups in total. The van der Waals surface area contributed by atoms with Gasteiger partial charge in [-0.25, -0.2) is 4.98 Å². The molecule has 0 radical (unpaired) electrons. The van der Waals surface area contributed by atoms with Crippen molar-refractivity contribution >= 4 is 44.0 Å². The van der Waals surface area contributed by atoms with Crippen molar-refractivity contribution in [1.29, 1.82) is 0 Å². The number of carbonyl (C=O) groups is 1. The van der Waals surface area contributed by atoms with Crippen molar-refractivity contribution in [3.8, 4) is 0 Å². The van der Waals surface area contributed by atoms with Crippen LogP contribution in [0.4, 0.5) is 24.0 Å². The molecule has 0 aliphatic carbocycles. The van der Waals surface area contributed by atoms with Gasteiger partial charge in [0.15, 0.2) is 5.13 Å². The second-order valence-corrected chi connectivity index (χ2v) is 7.08. The van der Waals surface area contributed by atoms with Crippen LogP contribution in [-0.2, 0) is 11.0 Å². The molecule has 0 unspecified atom stereocenters. The van der Waals surface area contributed by atoms with Crippen LogP contribution in [-0.4, -0.2) is 23.5 Å². The minimum atomic E-state index is -4.49. The number of benzene rings is 1. The summed E-state index contributed by atoms with van der Waals surface area (Å²) in [5, 5.41) is 5.17. The number of anilines is 2. The smallest absolute Gasteiger partial charge is 0.336 e. The van der Waals surface area contributed by atoms with Crippen LogP contribution in [0.2, 0.25) is 0 Å². The van der Waals surface area contributed by atoms with Crippen molar-refractivity contribution in [2.24, 2.45) is 0 Å². The lowest BCUT2D eigenvalue weighted by molar-refractivity contribution is -0.138. The highest BCUT2D eigenvalue weighted by molar-refractivity contribution is 9.10. The molecule has 1 aromatic carbocycles. The van der Waals surface area contributed by atoms with Crippen LogP contribution in [0, 0.1) is 0 Å². The molecule has 0 spiro atoms. The van der Waals surface area contributed by atoms with E-state index >= 15 is 0 Å². The van der Waals surface area contributed by atoms with E-state index in [1.807, 2.05) is 10.3 Å². The third-order valence-electron chi connectivity index (χ3n) is 3.76. The van der Waals surface area contributed by atoms with E-state index in [0.717, 1.165) is 17.6 Å². The molecule has 0 saturated carbocycles. The fraction of sp³-hybridized carbons (Fsp3) is 0.333. The molecular weight excluding hydrogens is 407 g/mol. The summed E-state index contributed by atoms with van der Waals surface area (Å²) in [6.45, 7) is 0.708. The summed E-state index contributed by atoms with van der Waals surface area (Å²) in [6, 6.07) is 3.24. The molecule has 24 heavy (non-hydrogen) atoms. The van der Waals surface area contributed by atoms with Crippen molar-refractivity contribution in [2.75, 3.05) is 16.8 Å². The summed E-state index contributed by atoms with van der Waals surface area (Å²) in [7, 11) is 0. The molecule has 0 bridgehead atoms. The van der Waals surface area contributed by atoms with Crippen molar-refractivity contribution in [3.63, 3.8) is 0 Å². The first-order valence-electron chi connectivity index (χ1n) is 7.20. The normalized spacial score (nSPS) is 18.0. The van der Waals surface area contributed by atoms with Crippen LogP contribution >= 0.6 is 27.3 Å². The lowest BCUT2D eigenvalue weighted by Crippen LogP contribution is -2.39. The van der Waals surface area contributed by atoms with Crippen molar-refractivity contribution in [3.05, 3.63) is 39.8 Å². The maximum atomic E-state index is 13.0. The van der Waals surface area contributed by atoms with Crippen LogP contribution in [0.15, 0.2) is 34.2 Å². The predicted molar refractivity (Wildman–Crippen MR) is 90.3 cm³/mol. The molecule has 4 nitrogen and oxygen atoms in total. The molecule has 1 saturated heterocycles. The van der Waals surface area contributed by atoms with E-state index in [9.17, 15) is 18.0 Å². The maximum absolute atomic E-state index is 13.0. The third-order valence-corrected chi connectivity index (χ3v) is 5.26. The molecule has 1 amide bonds. The monoisotopic (exact) mass is 419 g/mol. The maximum Gasteiger partial charge on any atom is 0.417 e. The van der Waals surface area contributed by atoms with Gasteiger partial charge >= 0.3 is 6.18 Å². The number of thiazole rings is 1. The predicted octanol–water partition coefficient (Wildman–Crippen LogP) is 4.53. The Balaban J connectivity index is 1.77. The molecule has 1 aromatic heterocycles. The van der Waals surface area contributed by atoms with Gasteiger partial charge in [-0.2, -0.15) is 13.2 Å². The summed E-state index contributed by atoms with van der Waals surface area (Å²) < 4.78 is 38.8. The topological polar surface area (TPSA) is 45.2 Å². The molecule has 128 valence electrons. The van der Waals surface area contributed by atoms with E-state index in [1.165, 1.54) is 23.5 Å². The average molecular weight is 420 g/mol. The zero-order valence-corrected chi connectivity index (χ0v) is 14.7. The number of carbonyl (C=O) groups excluding carboxylic acids is 1. The van der Waals surface area contributed by atoms with E-state index in [0.29, 0.717) is 13.0 Å². The van der Waals surface area contributed by atoms with E-state index in [-0.39, 0.29) is 16.1 Å². The van der Waals surface area contributed by atoms with Crippen LogP contribution in [0.3, 0.4) is 0 Å². The fourth-order valence-corrected chi connectivity index (χ4v) is 3.86. The highest BCUT2D eigenvalue weighted by Gasteiger charge is 2.35. The van der Waals surface area contributed by atoms with E-state index in [4.69, 9.17) is 0 Å². The molecule has 1 atom stereocenters. The number of amides is 1. The lowest BCUT2D eigenvalue weighted by Gasteiger charge is -2.23. The summed E-state index contributed by atoms with van der Waals surface area (Å²) in [5.41, 5.74) is -0.690. The Bertz CT molecular complexity index is 736. The summed E-state index contributed by atoms with van der Waals surface area (Å²) >= 11 is 4.32. The van der Waals surface area contributed by atoms with E-state index < -0.39 is 17.8 Å². The number of hydrogen-bond donors (Lipinski definition) is 1. The number of nitrogens with one attached hydrogen (secondary N) is 1. The minimum Gasteiger partial charge on any atom is -0.336 e. The fourth-order valence-electron chi connectivity index (χ4n) is 2.67. The van der Waals surface area contributed by atoms with Crippen LogP contribution in [0.1, 0.15) is 18.4 Å². The molecule has 1 aliphatic heterocycles. The Morgan fingerprint density at radius 2 is 2.21 bits per heavy atom. The zero-order valence-electron chi connectivity index (χ0n) is 12.3. The number of nitrogens with zero attached hydrogens (tertiary/aromatic N) is 2. The molecule has 3 rings (SSSR count). The van der Waals surface area contributed by atoms with Crippen molar-refractivity contribution in [2.45, 2.75) is 25.1 Å². The first-order valence-corrected chi connectivity index (χ1v) is 8.87. The van der Waals surface area contributed by atoms with Gasteiger partial charge in [0.25, 0.3) is 0 Å². The van der Waals surface area contributed by atoms with Crippen molar-refractivity contribution < 1.29 is 18.0 Å². The quantitative estimate of drug-likeness (QED) is 0.794. The number of alkyl halides is 3. The molecule has 2 aromatic rings. The van der Waals surface area contributed by atoms with Gasteiger partial charge in [0.2, 0.25) is 5.91 Å². The first-order chi connectivity index (χ1) is 11.4. The Labute approximate surface area is 148 Å². The zero-order chi connectivity index (χ0) is 17.3. The molecular formula is C15H13BrF3N3OS. The molecule has 2 heterocycles. The van der Waals surface area contributed by atoms with Gasteiger partial charge in [-0.15, -0.1) is 11.3 Å². The number of rotatable bonds is 3. The Morgan fingerprint density at radius 1 is 1.42 bits per heavy atom. The SMILES string of the molecule is O=C(Nc1ccc(Br)c(C(F)(F)F)c1)[C@H]1CCCN1c1nccs1. The van der Waals surface area contributed by atoms with Gasteiger partial charge < -0.3 is 10.2 Å². The lowest BCUT2D eigenvalue weighted by atomic mass is 10.1. The Kier molecular flexibility index (Phi) is 4.82. The van der Waals surface area contributed by atoms with Gasteiger partial charge in [-0.05, 0) is 31.0 Å². The molecule has 1 aliphatic rings. The van der Waals surface area contributed by atoms with Gasteiger partial charge in [-0.1, -0.05) is 15.9 Å². The number of aromatic nitrogens is 1. The summed E-state index contributed by atoms with van der Waals surface area (Å²) in [6.07, 6.45) is -1.34. The second-order valence-electron chi connectivity index (χ2n) is 5.35. The Hall–Kier alpha value is -1.61. The first kappa shape index (κ1) is 17.2. The second kappa shape index (κ2) is 6.72. The summed E-state index contributed by atoms with van der Waals surface area (Å²) in [4.78, 5) is 18.6. The Morgan fingerprint density at radius 3 is 2.88 bits per heavy atom. The number of hydrogen-bond acceptors (Lipinski definition) is 4. The van der Waals surface area contributed by atoms with Crippen LogP contribution in [0.25, 0.3) is 0 Å². The van der Waals surface area contributed by atoms with Crippen molar-refractivity contribution in [1.82, 2.24) is 4.98 Å². The average Bonchev–Trinajstić information content (AvgIpc) is 3.18. The van der Waals surface area contributed by atoms with Gasteiger partial charge in [0, 0.05) is 28.3 Å². The highest BCUT2D eigenvalue weighted by Crippen LogP contribution is 2.36. The molecule has 1 fully saturated rings. The van der Waals surface area contributed by atoms with E-state index in [2.05, 4.69) is 26.2 Å². The van der Waals surface area contributed by atoms with Crippen LogP contribution in [0.5, 0.6) is 0 Å². The van der Waals surface area contributed by atoms with E-state index in [1.54, 1.807) is 6.20 Å². The minimum absolute atomic E-state index is 0.0572. The third kappa shape index (κ3) is 3.56. The van der Waals surface area contributed by atoms with Crippen LogP contribution < -0.4 is 10.2 Å². The standard InChI is InChI=1S/C15H13BrF3N3OS/c16-11-4-3-9(8-10(11)15(17,18)19)21-13(23)12-2-1-6-22(12)14-20-5-7-24-14/h3-5,7-8,12H,1-2,6H2,(H,21,23)/t12-/m1/s1. The number of halogens is 4. The van der Waals surface area contributed by atoms with Gasteiger partial charge in [0.1, 0.15) is 6.04 Å². The van der Waals surface area contributed by atoms with Gasteiger partial charge in [-0.3, -0.25) is 4.79 Å². The largest absolute Gasteiger partial charge is 0.417 e. The summed E-state index contributed by atoms with van der Waals surface area (Å²) in [5.74, 6) is -0.321. The highest BCUT2D eigenvalue weighted by atomic mass is 79.9. The van der Waals surface area contributed by atoms with Gasteiger partial charge in [0.05, 0.1) is 5.56 Å². The molecule has 9 heteroatoms.